The van der Waals surface area contributed by atoms with Crippen LogP contribution in [0.4, 0.5) is 0 Å². The van der Waals surface area contributed by atoms with E-state index < -0.39 is 0 Å². The summed E-state index contributed by atoms with van der Waals surface area (Å²) in [6, 6.07) is 14.7. The molecule has 0 amide bonds. The zero-order valence-electron chi connectivity index (χ0n) is 18.6. The van der Waals surface area contributed by atoms with E-state index in [4.69, 9.17) is 11.5 Å². The second-order valence-electron chi connectivity index (χ2n) is 7.42. The maximum atomic E-state index is 6.30. The van der Waals surface area contributed by atoms with Crippen LogP contribution in [0.2, 0.25) is 0 Å². The van der Waals surface area contributed by atoms with Gasteiger partial charge in [-0.05, 0) is 42.7 Å². The quantitative estimate of drug-likeness (QED) is 0.376. The van der Waals surface area contributed by atoms with Gasteiger partial charge in [0, 0.05) is 42.8 Å². The summed E-state index contributed by atoms with van der Waals surface area (Å²) in [5.41, 5.74) is 16.7. The fourth-order valence-electron chi connectivity index (χ4n) is 3.78. The van der Waals surface area contributed by atoms with E-state index in [9.17, 15) is 0 Å². The average molecular weight is 420 g/mol. The van der Waals surface area contributed by atoms with Crippen molar-refractivity contribution < 1.29 is 0 Å². The van der Waals surface area contributed by atoms with Crippen LogP contribution in [0.5, 0.6) is 0 Å². The van der Waals surface area contributed by atoms with Crippen molar-refractivity contribution in [2.45, 2.75) is 33.2 Å². The summed E-state index contributed by atoms with van der Waals surface area (Å²) in [5, 5.41) is 11.6. The van der Waals surface area contributed by atoms with Crippen molar-refractivity contribution in [1.82, 2.24) is 20.4 Å². The molecule has 1 atom stereocenters. The standard InChI is InChI=1S/C22H27N7.C2H6/c1-15-4-2-3-5-16(15)11-19-14-29(9-8-25-19)21(12-23)27-22(24)17-6-7-20-18(10-17)13-26-28-20;1-2/h2-7,10,12-13,19,25H,8-9,11,14,23H2,1H3,(H2,24,27)(H,26,28);1-2H3/b21-12+;. The molecule has 7 heteroatoms. The zero-order chi connectivity index (χ0) is 22.2. The Balaban J connectivity index is 0.00000132. The predicted molar refractivity (Wildman–Crippen MR) is 129 cm³/mol. The van der Waals surface area contributed by atoms with E-state index in [1.165, 1.54) is 11.1 Å². The van der Waals surface area contributed by atoms with Crippen LogP contribution in [0, 0.1) is 6.92 Å². The minimum Gasteiger partial charge on any atom is -0.402 e. The summed E-state index contributed by atoms with van der Waals surface area (Å²) in [6.45, 7) is 8.70. The van der Waals surface area contributed by atoms with Gasteiger partial charge < -0.3 is 21.7 Å². The third-order valence-corrected chi connectivity index (χ3v) is 5.43. The van der Waals surface area contributed by atoms with Gasteiger partial charge in [0.25, 0.3) is 0 Å². The minimum atomic E-state index is 0.332. The van der Waals surface area contributed by atoms with Gasteiger partial charge in [0.05, 0.1) is 11.7 Å². The lowest BCUT2D eigenvalue weighted by molar-refractivity contribution is 0.243. The Bertz CT molecular complexity index is 1050. The van der Waals surface area contributed by atoms with E-state index in [-0.39, 0.29) is 0 Å². The number of nitrogens with zero attached hydrogens (tertiary/aromatic N) is 3. The highest BCUT2D eigenvalue weighted by molar-refractivity contribution is 6.00. The summed E-state index contributed by atoms with van der Waals surface area (Å²) >= 11 is 0. The number of aryl methyl sites for hydroxylation is 1. The number of nitrogens with two attached hydrogens (primary N) is 2. The number of benzene rings is 2. The number of aromatic nitrogens is 2. The van der Waals surface area contributed by atoms with Crippen molar-refractivity contribution >= 4 is 16.7 Å². The van der Waals surface area contributed by atoms with Crippen molar-refractivity contribution in [2.24, 2.45) is 16.5 Å². The Morgan fingerprint density at radius 2 is 2.06 bits per heavy atom. The summed E-state index contributed by atoms with van der Waals surface area (Å²) in [6.07, 6.45) is 4.29. The van der Waals surface area contributed by atoms with Crippen LogP contribution in [0.15, 0.2) is 65.7 Å². The van der Waals surface area contributed by atoms with Gasteiger partial charge in [-0.2, -0.15) is 5.10 Å². The lowest BCUT2D eigenvalue weighted by Gasteiger charge is -2.35. The van der Waals surface area contributed by atoms with Crippen LogP contribution in [0.3, 0.4) is 0 Å². The summed E-state index contributed by atoms with van der Waals surface area (Å²) < 4.78 is 0. The third kappa shape index (κ3) is 5.44. The molecule has 1 aliphatic rings. The van der Waals surface area contributed by atoms with Crippen LogP contribution in [-0.4, -0.2) is 46.6 Å². The number of aliphatic imine (C=N–C) groups is 1. The first-order valence-electron chi connectivity index (χ1n) is 10.9. The monoisotopic (exact) mass is 419 g/mol. The van der Waals surface area contributed by atoms with Gasteiger partial charge in [0.2, 0.25) is 0 Å². The molecule has 1 fully saturated rings. The van der Waals surface area contributed by atoms with Crippen LogP contribution in [-0.2, 0) is 6.42 Å². The van der Waals surface area contributed by atoms with Crippen molar-refractivity contribution in [3.05, 3.63) is 77.4 Å². The van der Waals surface area contributed by atoms with Gasteiger partial charge in [-0.1, -0.05) is 38.1 Å². The fraction of sp³-hybridized carbons (Fsp3) is 0.333. The third-order valence-electron chi connectivity index (χ3n) is 5.43. The Morgan fingerprint density at radius 3 is 2.84 bits per heavy atom. The van der Waals surface area contributed by atoms with Gasteiger partial charge in [-0.15, -0.1) is 0 Å². The molecule has 0 radical (unpaired) electrons. The summed E-state index contributed by atoms with van der Waals surface area (Å²) in [7, 11) is 0. The van der Waals surface area contributed by atoms with Crippen LogP contribution in [0.1, 0.15) is 30.5 Å². The number of hydrogen-bond donors (Lipinski definition) is 4. The number of amidine groups is 1. The molecule has 1 saturated heterocycles. The van der Waals surface area contributed by atoms with E-state index in [0.717, 1.165) is 42.5 Å². The Morgan fingerprint density at radius 1 is 1.26 bits per heavy atom. The largest absolute Gasteiger partial charge is 0.402 e. The van der Waals surface area contributed by atoms with Gasteiger partial charge in [0.15, 0.2) is 0 Å². The molecule has 0 bridgehead atoms. The summed E-state index contributed by atoms with van der Waals surface area (Å²) in [4.78, 5) is 6.83. The molecule has 164 valence electrons. The highest BCUT2D eigenvalue weighted by Gasteiger charge is 2.22. The topological polar surface area (TPSA) is 108 Å². The Labute approximate surface area is 184 Å². The second kappa shape index (κ2) is 10.6. The van der Waals surface area contributed by atoms with E-state index in [0.29, 0.717) is 17.7 Å². The normalized spacial score (nSPS) is 17.4. The molecule has 2 aromatic carbocycles. The summed E-state index contributed by atoms with van der Waals surface area (Å²) in [5.74, 6) is 1.14. The van der Waals surface area contributed by atoms with Crippen LogP contribution >= 0.6 is 0 Å². The molecular formula is C24H33N7. The molecule has 31 heavy (non-hydrogen) atoms. The molecule has 0 spiro atoms. The first-order chi connectivity index (χ1) is 15.1. The van der Waals surface area contributed by atoms with Crippen molar-refractivity contribution in [3.63, 3.8) is 0 Å². The van der Waals surface area contributed by atoms with Crippen molar-refractivity contribution in [3.8, 4) is 0 Å². The molecule has 7 nitrogen and oxygen atoms in total. The number of aromatic amines is 1. The highest BCUT2D eigenvalue weighted by Crippen LogP contribution is 2.17. The number of H-pyrrole nitrogens is 1. The first kappa shape index (κ1) is 22.4. The average Bonchev–Trinajstić information content (AvgIpc) is 3.28. The number of fused-ring (bicyclic) bond motifs is 1. The molecule has 2 heterocycles. The van der Waals surface area contributed by atoms with E-state index in [1.54, 1.807) is 12.4 Å². The number of hydrogen-bond acceptors (Lipinski definition) is 5. The number of piperazine rings is 1. The molecule has 0 saturated carbocycles. The fourth-order valence-corrected chi connectivity index (χ4v) is 3.78. The maximum Gasteiger partial charge on any atom is 0.146 e. The van der Waals surface area contributed by atoms with E-state index >= 15 is 0 Å². The predicted octanol–water partition coefficient (Wildman–Crippen LogP) is 2.88. The van der Waals surface area contributed by atoms with Crippen LogP contribution < -0.4 is 16.8 Å². The van der Waals surface area contributed by atoms with Gasteiger partial charge >= 0.3 is 0 Å². The minimum absolute atomic E-state index is 0.332. The second-order valence-corrected chi connectivity index (χ2v) is 7.42. The zero-order valence-corrected chi connectivity index (χ0v) is 18.6. The Hall–Kier alpha value is -3.32. The van der Waals surface area contributed by atoms with Gasteiger partial charge in [-0.3, -0.25) is 5.10 Å². The lowest BCUT2D eigenvalue weighted by Crippen LogP contribution is -2.51. The van der Waals surface area contributed by atoms with Crippen molar-refractivity contribution in [2.75, 3.05) is 19.6 Å². The smallest absolute Gasteiger partial charge is 0.146 e. The van der Waals surface area contributed by atoms with Gasteiger partial charge in [0.1, 0.15) is 11.7 Å². The SMILES string of the molecule is CC.Cc1ccccc1CC1CN(C(=C/N)/N=C(\N)c2ccc3[nH]ncc3c2)CCN1. The first-order valence-corrected chi connectivity index (χ1v) is 10.9. The maximum absolute atomic E-state index is 6.30. The molecule has 3 aromatic rings. The Kier molecular flexibility index (Phi) is 7.67. The molecule has 1 aliphatic heterocycles. The van der Waals surface area contributed by atoms with E-state index in [1.807, 2.05) is 32.0 Å². The lowest BCUT2D eigenvalue weighted by atomic mass is 10.00. The highest BCUT2D eigenvalue weighted by atomic mass is 15.3. The van der Waals surface area contributed by atoms with E-state index in [2.05, 4.69) is 56.6 Å². The molecule has 6 N–H and O–H groups in total. The van der Waals surface area contributed by atoms with Crippen molar-refractivity contribution in [1.29, 1.82) is 0 Å². The van der Waals surface area contributed by atoms with Gasteiger partial charge in [-0.25, -0.2) is 4.99 Å². The molecule has 1 aromatic heterocycles. The number of rotatable bonds is 5. The number of nitrogens with one attached hydrogen (secondary N) is 2. The van der Waals surface area contributed by atoms with Crippen LogP contribution in [0.25, 0.3) is 10.9 Å². The molecule has 0 aliphatic carbocycles. The molecule has 4 rings (SSSR count). The molecule has 1 unspecified atom stereocenters. The molecular weight excluding hydrogens is 386 g/mol.